The number of sulfonamides is 1. The molecule has 1 rings (SSSR count). The maximum absolute atomic E-state index is 12.2. The predicted octanol–water partition coefficient (Wildman–Crippen LogP) is 1.46. The van der Waals surface area contributed by atoms with E-state index < -0.39 is 16.0 Å². The lowest BCUT2D eigenvalue weighted by Crippen LogP contribution is -2.38. The molecular formula is C18H28N2O6S. The van der Waals surface area contributed by atoms with E-state index in [1.54, 1.807) is 12.1 Å². The van der Waals surface area contributed by atoms with E-state index >= 15 is 0 Å². The van der Waals surface area contributed by atoms with Gasteiger partial charge >= 0.3 is 5.97 Å². The van der Waals surface area contributed by atoms with Crippen molar-refractivity contribution in [3.63, 3.8) is 0 Å². The fraction of sp³-hybridized carbons (Fsp3) is 0.556. The zero-order valence-corrected chi connectivity index (χ0v) is 17.0. The SMILES string of the molecule is CCOc1ccc(S(=O)(=O)NCCC(=O)OCC(=O)NC(C)C(C)C)cc1. The second kappa shape index (κ2) is 10.9. The molecule has 1 atom stereocenters. The topological polar surface area (TPSA) is 111 Å². The minimum absolute atomic E-state index is 0.0304. The summed E-state index contributed by atoms with van der Waals surface area (Å²) < 4.78 is 36.8. The van der Waals surface area contributed by atoms with Crippen molar-refractivity contribution in [3.05, 3.63) is 24.3 Å². The van der Waals surface area contributed by atoms with E-state index in [1.807, 2.05) is 27.7 Å². The summed E-state index contributed by atoms with van der Waals surface area (Å²) in [6.07, 6.45) is -0.177. The third-order valence-corrected chi connectivity index (χ3v) is 5.30. The van der Waals surface area contributed by atoms with Gasteiger partial charge in [0, 0.05) is 12.6 Å². The summed E-state index contributed by atoms with van der Waals surface area (Å²) in [5.41, 5.74) is 0. The standard InChI is InChI=1S/C18H28N2O6S/c1-5-25-15-6-8-16(9-7-15)27(23,24)19-11-10-18(22)26-12-17(21)20-14(4)13(2)3/h6-9,13-14,19H,5,10-12H2,1-4H3,(H,20,21). The van der Waals surface area contributed by atoms with Crippen molar-refractivity contribution in [2.45, 2.75) is 45.1 Å². The Morgan fingerprint density at radius 1 is 1.11 bits per heavy atom. The molecule has 0 spiro atoms. The Labute approximate surface area is 160 Å². The first kappa shape index (κ1) is 22.9. The molecular weight excluding hydrogens is 372 g/mol. The van der Waals surface area contributed by atoms with E-state index in [2.05, 4.69) is 10.0 Å². The van der Waals surface area contributed by atoms with Crippen LogP contribution in [0.25, 0.3) is 0 Å². The van der Waals surface area contributed by atoms with Crippen LogP contribution in [0.15, 0.2) is 29.2 Å². The van der Waals surface area contributed by atoms with Crippen LogP contribution >= 0.6 is 0 Å². The van der Waals surface area contributed by atoms with Crippen molar-refractivity contribution in [3.8, 4) is 5.75 Å². The van der Waals surface area contributed by atoms with Crippen LogP contribution in [0.5, 0.6) is 5.75 Å². The summed E-state index contributed by atoms with van der Waals surface area (Å²) in [6.45, 7) is 7.60. The van der Waals surface area contributed by atoms with E-state index in [0.717, 1.165) is 0 Å². The van der Waals surface area contributed by atoms with Crippen LogP contribution in [-0.2, 0) is 24.3 Å². The average molecular weight is 400 g/mol. The normalized spacial score (nSPS) is 12.5. The number of benzene rings is 1. The van der Waals surface area contributed by atoms with Crippen molar-refractivity contribution >= 4 is 21.9 Å². The Morgan fingerprint density at radius 3 is 2.30 bits per heavy atom. The van der Waals surface area contributed by atoms with Crippen molar-refractivity contribution in [1.82, 2.24) is 10.0 Å². The van der Waals surface area contributed by atoms with Gasteiger partial charge in [0.15, 0.2) is 6.61 Å². The van der Waals surface area contributed by atoms with E-state index in [1.165, 1.54) is 12.1 Å². The number of rotatable bonds is 11. The molecule has 1 unspecified atom stereocenters. The van der Waals surface area contributed by atoms with Gasteiger partial charge in [-0.1, -0.05) is 13.8 Å². The lowest BCUT2D eigenvalue weighted by atomic mass is 10.1. The molecule has 0 heterocycles. The lowest BCUT2D eigenvalue weighted by molar-refractivity contribution is -0.148. The first-order chi connectivity index (χ1) is 12.7. The van der Waals surface area contributed by atoms with Gasteiger partial charge in [-0.05, 0) is 44.0 Å². The third-order valence-electron chi connectivity index (χ3n) is 3.82. The van der Waals surface area contributed by atoms with Crippen LogP contribution < -0.4 is 14.8 Å². The maximum Gasteiger partial charge on any atom is 0.307 e. The van der Waals surface area contributed by atoms with E-state index in [0.29, 0.717) is 12.4 Å². The number of hydrogen-bond acceptors (Lipinski definition) is 6. The van der Waals surface area contributed by atoms with Gasteiger partial charge in [0.05, 0.1) is 17.9 Å². The summed E-state index contributed by atoms with van der Waals surface area (Å²) in [5.74, 6) is -0.206. The molecule has 1 aromatic rings. The zero-order valence-electron chi connectivity index (χ0n) is 16.2. The van der Waals surface area contributed by atoms with Gasteiger partial charge in [-0.3, -0.25) is 9.59 Å². The van der Waals surface area contributed by atoms with Crippen molar-refractivity contribution in [2.75, 3.05) is 19.8 Å². The van der Waals surface area contributed by atoms with E-state index in [4.69, 9.17) is 9.47 Å². The summed E-state index contributed by atoms with van der Waals surface area (Å²) in [5, 5.41) is 2.71. The number of nitrogens with one attached hydrogen (secondary N) is 2. The maximum atomic E-state index is 12.2. The van der Waals surface area contributed by atoms with E-state index in [-0.39, 0.29) is 42.3 Å². The molecule has 0 aliphatic carbocycles. The third kappa shape index (κ3) is 8.40. The molecule has 0 aliphatic rings. The molecule has 1 amide bonds. The predicted molar refractivity (Wildman–Crippen MR) is 101 cm³/mol. The quantitative estimate of drug-likeness (QED) is 0.544. The molecule has 0 radical (unpaired) electrons. The number of carbonyl (C=O) groups excluding carboxylic acids is 2. The molecule has 27 heavy (non-hydrogen) atoms. The molecule has 9 heteroatoms. The molecule has 0 saturated heterocycles. The lowest BCUT2D eigenvalue weighted by Gasteiger charge is -2.17. The highest BCUT2D eigenvalue weighted by atomic mass is 32.2. The summed E-state index contributed by atoms with van der Waals surface area (Å²) in [7, 11) is -3.74. The Hall–Kier alpha value is -2.13. The highest BCUT2D eigenvalue weighted by Crippen LogP contribution is 2.15. The van der Waals surface area contributed by atoms with Gasteiger partial charge in [0.25, 0.3) is 5.91 Å². The van der Waals surface area contributed by atoms with Crippen molar-refractivity contribution in [2.24, 2.45) is 5.92 Å². The Morgan fingerprint density at radius 2 is 1.74 bits per heavy atom. The Kier molecular flexibility index (Phi) is 9.23. The van der Waals surface area contributed by atoms with Crippen LogP contribution in [0.4, 0.5) is 0 Å². The highest BCUT2D eigenvalue weighted by Gasteiger charge is 2.16. The molecule has 152 valence electrons. The number of amides is 1. The van der Waals surface area contributed by atoms with Crippen molar-refractivity contribution in [1.29, 1.82) is 0 Å². The molecule has 8 nitrogen and oxygen atoms in total. The van der Waals surface area contributed by atoms with Gasteiger partial charge in [0.1, 0.15) is 5.75 Å². The molecule has 0 saturated carbocycles. The van der Waals surface area contributed by atoms with Gasteiger partial charge < -0.3 is 14.8 Å². The fourth-order valence-corrected chi connectivity index (χ4v) is 2.96. The smallest absolute Gasteiger partial charge is 0.307 e. The number of carbonyl (C=O) groups is 2. The van der Waals surface area contributed by atoms with Gasteiger partial charge in [-0.15, -0.1) is 0 Å². The average Bonchev–Trinajstić information content (AvgIpc) is 2.60. The van der Waals surface area contributed by atoms with Gasteiger partial charge in [-0.25, -0.2) is 13.1 Å². The minimum atomic E-state index is -3.74. The molecule has 0 aliphatic heterocycles. The van der Waals surface area contributed by atoms with E-state index in [9.17, 15) is 18.0 Å². The monoisotopic (exact) mass is 400 g/mol. The first-order valence-corrected chi connectivity index (χ1v) is 10.3. The van der Waals surface area contributed by atoms with Crippen LogP contribution in [-0.4, -0.2) is 46.1 Å². The van der Waals surface area contributed by atoms with Crippen LogP contribution in [0, 0.1) is 5.92 Å². The molecule has 0 aromatic heterocycles. The highest BCUT2D eigenvalue weighted by molar-refractivity contribution is 7.89. The number of esters is 1. The summed E-state index contributed by atoms with van der Waals surface area (Å²) in [6, 6.07) is 5.93. The van der Waals surface area contributed by atoms with Gasteiger partial charge in [0.2, 0.25) is 10.0 Å². The molecule has 0 bridgehead atoms. The van der Waals surface area contributed by atoms with Crippen LogP contribution in [0.3, 0.4) is 0 Å². The first-order valence-electron chi connectivity index (χ1n) is 8.83. The van der Waals surface area contributed by atoms with Gasteiger partial charge in [-0.2, -0.15) is 0 Å². The second-order valence-corrected chi connectivity index (χ2v) is 8.08. The van der Waals surface area contributed by atoms with Crippen LogP contribution in [0.1, 0.15) is 34.1 Å². The molecule has 1 aromatic carbocycles. The van der Waals surface area contributed by atoms with Crippen LogP contribution in [0.2, 0.25) is 0 Å². The van der Waals surface area contributed by atoms with Crippen molar-refractivity contribution < 1.29 is 27.5 Å². The summed E-state index contributed by atoms with van der Waals surface area (Å²) in [4.78, 5) is 23.4. The number of hydrogen-bond donors (Lipinski definition) is 2. The minimum Gasteiger partial charge on any atom is -0.494 e. The Bertz CT molecular complexity index is 716. The zero-order chi connectivity index (χ0) is 20.4. The largest absolute Gasteiger partial charge is 0.494 e. The fourth-order valence-electron chi connectivity index (χ4n) is 1.93. The second-order valence-electron chi connectivity index (χ2n) is 6.31. The number of ether oxygens (including phenoxy) is 2. The molecule has 0 fully saturated rings. The Balaban J connectivity index is 2.38. The summed E-state index contributed by atoms with van der Waals surface area (Å²) >= 11 is 0. The molecule has 2 N–H and O–H groups in total.